The molecule has 1 aliphatic heterocycles. The summed E-state index contributed by atoms with van der Waals surface area (Å²) in [5.41, 5.74) is 1.78. The van der Waals surface area contributed by atoms with Crippen LogP contribution in [0.4, 0.5) is 4.79 Å². The summed E-state index contributed by atoms with van der Waals surface area (Å²) in [5, 5.41) is 0. The molecule has 0 N–H and O–H groups in total. The monoisotopic (exact) mass is 279 g/mol. The molecule has 2 rings (SSSR count). The summed E-state index contributed by atoms with van der Waals surface area (Å²) in [7, 11) is 1.37. The topological polar surface area (TPSA) is 55.8 Å². The molecule has 20 heavy (non-hydrogen) atoms. The second-order valence-corrected chi connectivity index (χ2v) is 4.94. The van der Waals surface area contributed by atoms with E-state index in [0.717, 1.165) is 43.3 Å². The van der Waals surface area contributed by atoms with Crippen LogP contribution >= 0.6 is 0 Å². The molecule has 0 saturated heterocycles. The molecule has 0 bridgehead atoms. The Balaban J connectivity index is 2.26. The zero-order valence-electron chi connectivity index (χ0n) is 12.1. The number of carbonyl (C=O) groups excluding carboxylic acids is 2. The van der Waals surface area contributed by atoms with E-state index in [-0.39, 0.29) is 18.1 Å². The van der Waals surface area contributed by atoms with E-state index in [2.05, 4.69) is 0 Å². The highest BCUT2D eigenvalue weighted by Gasteiger charge is 2.33. The molecule has 1 heterocycles. The molecule has 5 nitrogen and oxygen atoms in total. The van der Waals surface area contributed by atoms with Crippen molar-refractivity contribution in [3.05, 3.63) is 23.4 Å². The first-order valence-corrected chi connectivity index (χ1v) is 7.11. The first-order valence-electron chi connectivity index (χ1n) is 7.11. The number of methoxy groups -OCH3 is 1. The lowest BCUT2D eigenvalue weighted by atomic mass is 9.86. The van der Waals surface area contributed by atoms with E-state index in [1.165, 1.54) is 7.11 Å². The van der Waals surface area contributed by atoms with Crippen LogP contribution in [-0.4, -0.2) is 36.7 Å². The summed E-state index contributed by atoms with van der Waals surface area (Å²) < 4.78 is 9.94. The molecule has 0 aromatic carbocycles. The Hall–Kier alpha value is -1.78. The Kier molecular flexibility index (Phi) is 4.82. The van der Waals surface area contributed by atoms with Gasteiger partial charge in [-0.15, -0.1) is 0 Å². The summed E-state index contributed by atoms with van der Waals surface area (Å²) in [5.74, 6) is -0.237. The highest BCUT2D eigenvalue weighted by molar-refractivity contribution is 5.90. The lowest BCUT2D eigenvalue weighted by Crippen LogP contribution is -2.36. The number of ether oxygens (including phenoxy) is 2. The zero-order chi connectivity index (χ0) is 14.5. The van der Waals surface area contributed by atoms with Crippen LogP contribution in [0.3, 0.4) is 0 Å². The molecule has 110 valence electrons. The molecular weight excluding hydrogens is 258 g/mol. The molecule has 0 radical (unpaired) electrons. The first kappa shape index (κ1) is 14.6. The highest BCUT2D eigenvalue weighted by atomic mass is 16.5. The van der Waals surface area contributed by atoms with Crippen molar-refractivity contribution in [3.8, 4) is 0 Å². The second-order valence-electron chi connectivity index (χ2n) is 4.94. The van der Waals surface area contributed by atoms with Crippen LogP contribution in [-0.2, 0) is 14.3 Å². The predicted molar refractivity (Wildman–Crippen MR) is 73.9 cm³/mol. The minimum Gasteiger partial charge on any atom is -0.463 e. The van der Waals surface area contributed by atoms with Crippen molar-refractivity contribution in [3.63, 3.8) is 0 Å². The average molecular weight is 279 g/mol. The SMILES string of the molecule is CCOC(=O)C1=C([C@H]2CC=CN2C(=O)OC)CCCC1. The minimum absolute atomic E-state index is 0.0952. The number of hydrogen-bond acceptors (Lipinski definition) is 4. The molecule has 1 amide bonds. The van der Waals surface area contributed by atoms with Crippen LogP contribution in [0.15, 0.2) is 23.4 Å². The fraction of sp³-hybridized carbons (Fsp3) is 0.600. The molecule has 0 fully saturated rings. The molecular formula is C15H21NO4. The van der Waals surface area contributed by atoms with Crippen molar-refractivity contribution in [2.75, 3.05) is 13.7 Å². The van der Waals surface area contributed by atoms with Gasteiger partial charge < -0.3 is 9.47 Å². The highest BCUT2D eigenvalue weighted by Crippen LogP contribution is 2.34. The van der Waals surface area contributed by atoms with E-state index in [0.29, 0.717) is 6.61 Å². The maximum absolute atomic E-state index is 12.1. The van der Waals surface area contributed by atoms with Crippen molar-refractivity contribution in [1.82, 2.24) is 4.90 Å². The molecule has 0 aromatic rings. The number of amides is 1. The van der Waals surface area contributed by atoms with Gasteiger partial charge in [-0.3, -0.25) is 4.90 Å². The summed E-state index contributed by atoms with van der Waals surface area (Å²) in [6.07, 6.45) is 7.64. The molecule has 0 aromatic heterocycles. The Morgan fingerprint density at radius 1 is 1.35 bits per heavy atom. The Bertz CT molecular complexity index is 453. The smallest absolute Gasteiger partial charge is 0.414 e. The number of nitrogens with zero attached hydrogens (tertiary/aromatic N) is 1. The van der Waals surface area contributed by atoms with Gasteiger partial charge in [0.25, 0.3) is 0 Å². The Morgan fingerprint density at radius 2 is 2.10 bits per heavy atom. The number of carbonyl (C=O) groups is 2. The van der Waals surface area contributed by atoms with Gasteiger partial charge in [0.15, 0.2) is 0 Å². The molecule has 5 heteroatoms. The van der Waals surface area contributed by atoms with Crippen molar-refractivity contribution in [1.29, 1.82) is 0 Å². The van der Waals surface area contributed by atoms with E-state index >= 15 is 0 Å². The average Bonchev–Trinajstić information content (AvgIpc) is 2.96. The van der Waals surface area contributed by atoms with Crippen LogP contribution < -0.4 is 0 Å². The number of hydrogen-bond donors (Lipinski definition) is 0. The lowest BCUT2D eigenvalue weighted by Gasteiger charge is -2.29. The van der Waals surface area contributed by atoms with Crippen LogP contribution in [0.2, 0.25) is 0 Å². The van der Waals surface area contributed by atoms with Crippen LogP contribution in [0.25, 0.3) is 0 Å². The quantitative estimate of drug-likeness (QED) is 0.745. The fourth-order valence-electron chi connectivity index (χ4n) is 2.87. The minimum atomic E-state index is -0.384. The fourth-order valence-corrected chi connectivity index (χ4v) is 2.87. The number of esters is 1. The van der Waals surface area contributed by atoms with Gasteiger partial charge in [0, 0.05) is 11.8 Å². The second kappa shape index (κ2) is 6.59. The molecule has 1 aliphatic carbocycles. The molecule has 0 saturated carbocycles. The Labute approximate surface area is 119 Å². The first-order chi connectivity index (χ1) is 9.69. The van der Waals surface area contributed by atoms with Gasteiger partial charge in [-0.05, 0) is 44.6 Å². The van der Waals surface area contributed by atoms with E-state index in [1.54, 1.807) is 18.0 Å². The van der Waals surface area contributed by atoms with Gasteiger partial charge in [0.2, 0.25) is 0 Å². The van der Waals surface area contributed by atoms with Crippen LogP contribution in [0, 0.1) is 0 Å². The van der Waals surface area contributed by atoms with E-state index < -0.39 is 0 Å². The van der Waals surface area contributed by atoms with Crippen molar-refractivity contribution in [2.45, 2.75) is 45.1 Å². The van der Waals surface area contributed by atoms with Gasteiger partial charge >= 0.3 is 12.1 Å². The largest absolute Gasteiger partial charge is 0.463 e. The van der Waals surface area contributed by atoms with Gasteiger partial charge in [0.05, 0.1) is 19.8 Å². The maximum Gasteiger partial charge on any atom is 0.414 e. The van der Waals surface area contributed by atoms with Gasteiger partial charge in [-0.2, -0.15) is 0 Å². The van der Waals surface area contributed by atoms with E-state index in [1.807, 2.05) is 6.08 Å². The van der Waals surface area contributed by atoms with Crippen LogP contribution in [0.1, 0.15) is 39.0 Å². The molecule has 0 spiro atoms. The van der Waals surface area contributed by atoms with Crippen molar-refractivity contribution in [2.24, 2.45) is 0 Å². The maximum atomic E-state index is 12.1. The predicted octanol–water partition coefficient (Wildman–Crippen LogP) is 2.77. The van der Waals surface area contributed by atoms with E-state index in [9.17, 15) is 9.59 Å². The molecule has 1 atom stereocenters. The van der Waals surface area contributed by atoms with Crippen molar-refractivity contribution >= 4 is 12.1 Å². The van der Waals surface area contributed by atoms with Crippen LogP contribution in [0.5, 0.6) is 0 Å². The summed E-state index contributed by atoms with van der Waals surface area (Å²) in [6.45, 7) is 2.18. The standard InChI is InChI=1S/C15H21NO4/c1-3-20-14(17)12-8-5-4-7-11(12)13-9-6-10-16(13)15(18)19-2/h6,10,13H,3-5,7-9H2,1-2H3/t13-/m1/s1. The van der Waals surface area contributed by atoms with Gasteiger partial charge in [0.1, 0.15) is 0 Å². The zero-order valence-corrected chi connectivity index (χ0v) is 12.1. The third-order valence-corrected chi connectivity index (χ3v) is 3.78. The Morgan fingerprint density at radius 3 is 2.80 bits per heavy atom. The lowest BCUT2D eigenvalue weighted by molar-refractivity contribution is -0.138. The normalized spacial score (nSPS) is 22.1. The van der Waals surface area contributed by atoms with Gasteiger partial charge in [-0.1, -0.05) is 6.08 Å². The van der Waals surface area contributed by atoms with Gasteiger partial charge in [-0.25, -0.2) is 9.59 Å². The number of rotatable bonds is 3. The third kappa shape index (κ3) is 2.86. The van der Waals surface area contributed by atoms with Crippen molar-refractivity contribution < 1.29 is 19.1 Å². The molecule has 2 aliphatic rings. The summed E-state index contributed by atoms with van der Waals surface area (Å²) in [4.78, 5) is 25.4. The van der Waals surface area contributed by atoms with E-state index in [4.69, 9.17) is 9.47 Å². The molecule has 0 unspecified atom stereocenters. The third-order valence-electron chi connectivity index (χ3n) is 3.78. The summed E-state index contributed by atoms with van der Waals surface area (Å²) in [6, 6.07) is -0.0952. The summed E-state index contributed by atoms with van der Waals surface area (Å²) >= 11 is 0.